The van der Waals surface area contributed by atoms with Crippen molar-refractivity contribution in [2.24, 2.45) is 0 Å². The summed E-state index contributed by atoms with van der Waals surface area (Å²) < 4.78 is 0. The summed E-state index contributed by atoms with van der Waals surface area (Å²) in [6.45, 7) is 6.17. The van der Waals surface area contributed by atoms with Crippen molar-refractivity contribution in [1.82, 2.24) is 5.32 Å². The largest absolute Gasteiger partial charge is 0.372 e. The van der Waals surface area contributed by atoms with Crippen molar-refractivity contribution in [3.8, 4) is 6.07 Å². The fourth-order valence-electron chi connectivity index (χ4n) is 3.20. The van der Waals surface area contributed by atoms with Crippen molar-refractivity contribution < 1.29 is 4.79 Å². The predicted octanol–water partition coefficient (Wildman–Crippen LogP) is 3.89. The van der Waals surface area contributed by atoms with Crippen LogP contribution >= 0.6 is 0 Å². The highest BCUT2D eigenvalue weighted by Crippen LogP contribution is 2.19. The quantitative estimate of drug-likeness (QED) is 0.638. The first-order valence-corrected chi connectivity index (χ1v) is 8.95. The fourth-order valence-corrected chi connectivity index (χ4v) is 3.20. The molecular weight excluding hydrogens is 298 g/mol. The van der Waals surface area contributed by atoms with Crippen LogP contribution in [0.15, 0.2) is 29.8 Å². The number of hydrogen-bond donors (Lipinski definition) is 1. The molecule has 0 bridgehead atoms. The van der Waals surface area contributed by atoms with Gasteiger partial charge in [-0.25, -0.2) is 0 Å². The number of nitrogens with one attached hydrogen (secondary N) is 1. The molecule has 1 aromatic rings. The third kappa shape index (κ3) is 4.86. The molecule has 4 heteroatoms. The Morgan fingerprint density at radius 3 is 2.38 bits per heavy atom. The zero-order valence-corrected chi connectivity index (χ0v) is 14.7. The van der Waals surface area contributed by atoms with Gasteiger partial charge in [0.1, 0.15) is 11.6 Å². The molecule has 0 aromatic heterocycles. The molecule has 1 aromatic carbocycles. The summed E-state index contributed by atoms with van der Waals surface area (Å²) in [6, 6.07) is 10.2. The van der Waals surface area contributed by atoms with E-state index in [1.165, 1.54) is 6.42 Å². The number of nitriles is 1. The number of anilines is 1. The summed E-state index contributed by atoms with van der Waals surface area (Å²) in [5.41, 5.74) is 2.21. The predicted molar refractivity (Wildman–Crippen MR) is 98.6 cm³/mol. The van der Waals surface area contributed by atoms with Crippen LogP contribution in [0.5, 0.6) is 0 Å². The lowest BCUT2D eigenvalue weighted by atomic mass is 9.95. The second-order valence-electron chi connectivity index (χ2n) is 6.24. The van der Waals surface area contributed by atoms with Crippen LogP contribution in [0.3, 0.4) is 0 Å². The van der Waals surface area contributed by atoms with E-state index >= 15 is 0 Å². The Morgan fingerprint density at radius 2 is 1.83 bits per heavy atom. The van der Waals surface area contributed by atoms with E-state index in [0.717, 1.165) is 50.0 Å². The van der Waals surface area contributed by atoms with E-state index in [9.17, 15) is 10.1 Å². The van der Waals surface area contributed by atoms with Gasteiger partial charge in [0.25, 0.3) is 5.91 Å². The van der Waals surface area contributed by atoms with Gasteiger partial charge in [0, 0.05) is 24.8 Å². The van der Waals surface area contributed by atoms with Crippen LogP contribution in [0.4, 0.5) is 5.69 Å². The summed E-state index contributed by atoms with van der Waals surface area (Å²) in [5.74, 6) is -0.253. The average molecular weight is 325 g/mol. The molecule has 2 rings (SSSR count). The standard InChI is InChI=1S/C20H27N3O/c1-3-23(4-2)19-12-10-16(11-13-19)14-17(15-21)20(24)22-18-8-6-5-7-9-18/h10-14,18H,3-9H2,1-2H3,(H,22,24)/b17-14+. The summed E-state index contributed by atoms with van der Waals surface area (Å²) >= 11 is 0. The van der Waals surface area contributed by atoms with Gasteiger partial charge in [-0.1, -0.05) is 31.4 Å². The van der Waals surface area contributed by atoms with Crippen LogP contribution in [-0.4, -0.2) is 25.0 Å². The van der Waals surface area contributed by atoms with Gasteiger partial charge >= 0.3 is 0 Å². The van der Waals surface area contributed by atoms with Gasteiger partial charge in [-0.2, -0.15) is 5.26 Å². The van der Waals surface area contributed by atoms with Crippen molar-refractivity contribution >= 4 is 17.7 Å². The first kappa shape index (κ1) is 18.1. The maximum Gasteiger partial charge on any atom is 0.262 e. The third-order valence-electron chi connectivity index (χ3n) is 4.64. The highest BCUT2D eigenvalue weighted by Gasteiger charge is 2.18. The Balaban J connectivity index is 2.06. The highest BCUT2D eigenvalue weighted by molar-refractivity contribution is 6.01. The van der Waals surface area contributed by atoms with Crippen LogP contribution in [0.2, 0.25) is 0 Å². The van der Waals surface area contributed by atoms with Gasteiger partial charge < -0.3 is 10.2 Å². The van der Waals surface area contributed by atoms with E-state index in [4.69, 9.17) is 0 Å². The molecule has 0 heterocycles. The molecule has 1 N–H and O–H groups in total. The molecule has 0 saturated heterocycles. The minimum absolute atomic E-state index is 0.177. The Kier molecular flexibility index (Phi) is 6.87. The molecule has 1 aliphatic carbocycles. The van der Waals surface area contributed by atoms with Crippen molar-refractivity contribution in [2.75, 3.05) is 18.0 Å². The SMILES string of the molecule is CCN(CC)c1ccc(/C=C(\C#N)C(=O)NC2CCCCC2)cc1. The molecular formula is C20H27N3O. The Morgan fingerprint density at radius 1 is 1.21 bits per heavy atom. The van der Waals surface area contributed by atoms with E-state index in [-0.39, 0.29) is 17.5 Å². The van der Waals surface area contributed by atoms with Crippen LogP contribution < -0.4 is 10.2 Å². The van der Waals surface area contributed by atoms with E-state index in [0.29, 0.717) is 0 Å². The molecule has 0 spiro atoms. The van der Waals surface area contributed by atoms with E-state index in [2.05, 4.69) is 24.1 Å². The molecule has 4 nitrogen and oxygen atoms in total. The number of rotatable bonds is 6. The Bertz CT molecular complexity index is 603. The van der Waals surface area contributed by atoms with Crippen LogP contribution in [0.25, 0.3) is 6.08 Å². The molecule has 1 fully saturated rings. The number of amides is 1. The van der Waals surface area contributed by atoms with Gasteiger partial charge in [0.2, 0.25) is 0 Å². The topological polar surface area (TPSA) is 56.1 Å². The number of carbonyl (C=O) groups is 1. The zero-order valence-electron chi connectivity index (χ0n) is 14.7. The normalized spacial score (nSPS) is 15.6. The van der Waals surface area contributed by atoms with Crippen LogP contribution in [-0.2, 0) is 4.79 Å². The monoisotopic (exact) mass is 325 g/mol. The maximum atomic E-state index is 12.3. The molecule has 24 heavy (non-hydrogen) atoms. The summed E-state index contributed by atoms with van der Waals surface area (Å²) in [5, 5.41) is 12.3. The number of hydrogen-bond acceptors (Lipinski definition) is 3. The summed E-state index contributed by atoms with van der Waals surface area (Å²) in [4.78, 5) is 14.6. The van der Waals surface area contributed by atoms with Gasteiger partial charge in [0.05, 0.1) is 0 Å². The molecule has 1 aliphatic rings. The van der Waals surface area contributed by atoms with E-state index in [1.807, 2.05) is 30.3 Å². The lowest BCUT2D eigenvalue weighted by molar-refractivity contribution is -0.117. The third-order valence-corrected chi connectivity index (χ3v) is 4.64. The lowest BCUT2D eigenvalue weighted by Gasteiger charge is -2.22. The Hall–Kier alpha value is -2.28. The molecule has 0 unspecified atom stereocenters. The summed E-state index contributed by atoms with van der Waals surface area (Å²) in [7, 11) is 0. The van der Waals surface area contributed by atoms with Crippen LogP contribution in [0, 0.1) is 11.3 Å². The highest BCUT2D eigenvalue weighted by atomic mass is 16.1. The number of nitrogens with zero attached hydrogens (tertiary/aromatic N) is 2. The minimum Gasteiger partial charge on any atom is -0.372 e. The molecule has 1 saturated carbocycles. The molecule has 128 valence electrons. The average Bonchev–Trinajstić information content (AvgIpc) is 2.62. The maximum absolute atomic E-state index is 12.3. The molecule has 0 radical (unpaired) electrons. The van der Waals surface area contributed by atoms with Gasteiger partial charge in [-0.3, -0.25) is 4.79 Å². The summed E-state index contributed by atoms with van der Waals surface area (Å²) in [6.07, 6.45) is 7.26. The van der Waals surface area contributed by atoms with Crippen molar-refractivity contribution in [2.45, 2.75) is 52.0 Å². The second-order valence-corrected chi connectivity index (χ2v) is 6.24. The Labute approximate surface area is 145 Å². The molecule has 0 atom stereocenters. The van der Waals surface area contributed by atoms with E-state index in [1.54, 1.807) is 6.08 Å². The van der Waals surface area contributed by atoms with Gasteiger partial charge in [0.15, 0.2) is 0 Å². The molecule has 1 amide bonds. The van der Waals surface area contributed by atoms with Crippen molar-refractivity contribution in [1.29, 1.82) is 5.26 Å². The number of benzene rings is 1. The fraction of sp³-hybridized carbons (Fsp3) is 0.500. The lowest BCUT2D eigenvalue weighted by Crippen LogP contribution is -2.36. The smallest absolute Gasteiger partial charge is 0.262 e. The van der Waals surface area contributed by atoms with Crippen molar-refractivity contribution in [3.05, 3.63) is 35.4 Å². The molecule has 0 aliphatic heterocycles. The van der Waals surface area contributed by atoms with Crippen molar-refractivity contribution in [3.63, 3.8) is 0 Å². The van der Waals surface area contributed by atoms with Gasteiger partial charge in [-0.15, -0.1) is 0 Å². The van der Waals surface area contributed by atoms with Gasteiger partial charge in [-0.05, 0) is 50.5 Å². The van der Waals surface area contributed by atoms with Crippen LogP contribution in [0.1, 0.15) is 51.5 Å². The first-order chi connectivity index (χ1) is 11.7. The van der Waals surface area contributed by atoms with E-state index < -0.39 is 0 Å². The number of carbonyl (C=O) groups excluding carboxylic acids is 1. The minimum atomic E-state index is -0.253. The first-order valence-electron chi connectivity index (χ1n) is 8.95. The second kappa shape index (κ2) is 9.12. The zero-order chi connectivity index (χ0) is 17.4.